The molecule has 0 bridgehead atoms. The first-order valence-electron chi connectivity index (χ1n) is 11.2. The Kier molecular flexibility index (Phi) is 9.06. The van der Waals surface area contributed by atoms with Crippen molar-refractivity contribution in [1.29, 1.82) is 0 Å². The molecule has 2 aromatic carbocycles. The monoisotopic (exact) mass is 469 g/mol. The number of anilines is 1. The third-order valence-corrected chi connectivity index (χ3v) is 5.15. The van der Waals surface area contributed by atoms with Gasteiger partial charge in [-0.25, -0.2) is 4.79 Å². The lowest BCUT2D eigenvalue weighted by Gasteiger charge is -2.30. The molecule has 8 nitrogen and oxygen atoms in total. The summed E-state index contributed by atoms with van der Waals surface area (Å²) in [5.74, 6) is -0.144. The SMILES string of the molecule is CCc1ccc(C(C(=O)Nc2ccc(OC)cc2)N(C)C(=O)C(C)NC(=O)OC(C)(C)C)cc1. The van der Waals surface area contributed by atoms with Gasteiger partial charge in [-0.2, -0.15) is 0 Å². The molecule has 0 aliphatic rings. The predicted octanol–water partition coefficient (Wildman–Crippen LogP) is 4.31. The number of hydrogen-bond donors (Lipinski definition) is 2. The van der Waals surface area contributed by atoms with Crippen LogP contribution in [0.3, 0.4) is 0 Å². The van der Waals surface area contributed by atoms with E-state index in [2.05, 4.69) is 10.6 Å². The molecule has 2 aromatic rings. The summed E-state index contributed by atoms with van der Waals surface area (Å²) >= 11 is 0. The first-order valence-corrected chi connectivity index (χ1v) is 11.2. The Bertz CT molecular complexity index is 981. The lowest BCUT2D eigenvalue weighted by Crippen LogP contribution is -2.49. The number of alkyl carbamates (subject to hydrolysis) is 1. The number of benzene rings is 2. The number of carbonyl (C=O) groups excluding carboxylic acids is 3. The van der Waals surface area contributed by atoms with Crippen LogP contribution in [-0.4, -0.2) is 48.6 Å². The summed E-state index contributed by atoms with van der Waals surface area (Å²) in [6.45, 7) is 8.82. The lowest BCUT2D eigenvalue weighted by atomic mass is 10.0. The minimum absolute atomic E-state index is 0.380. The molecule has 184 valence electrons. The van der Waals surface area contributed by atoms with Gasteiger partial charge in [-0.3, -0.25) is 9.59 Å². The van der Waals surface area contributed by atoms with Crippen molar-refractivity contribution in [3.8, 4) is 5.75 Å². The topological polar surface area (TPSA) is 97.0 Å². The normalized spacial score (nSPS) is 12.8. The first-order chi connectivity index (χ1) is 15.9. The highest BCUT2D eigenvalue weighted by Crippen LogP contribution is 2.24. The zero-order valence-electron chi connectivity index (χ0n) is 21.0. The molecular weight excluding hydrogens is 434 g/mol. The smallest absolute Gasteiger partial charge is 0.408 e. The van der Waals surface area contributed by atoms with Gasteiger partial charge in [-0.1, -0.05) is 31.2 Å². The molecule has 0 fully saturated rings. The lowest BCUT2D eigenvalue weighted by molar-refractivity contribution is -0.138. The number of hydrogen-bond acceptors (Lipinski definition) is 5. The van der Waals surface area contributed by atoms with Crippen molar-refractivity contribution in [3.63, 3.8) is 0 Å². The van der Waals surface area contributed by atoms with Crippen molar-refractivity contribution >= 4 is 23.6 Å². The fourth-order valence-corrected chi connectivity index (χ4v) is 3.35. The van der Waals surface area contributed by atoms with Crippen molar-refractivity contribution in [2.24, 2.45) is 0 Å². The van der Waals surface area contributed by atoms with Gasteiger partial charge in [0, 0.05) is 12.7 Å². The number of nitrogens with one attached hydrogen (secondary N) is 2. The summed E-state index contributed by atoms with van der Waals surface area (Å²) in [6.07, 6.45) is 0.155. The fraction of sp³-hybridized carbons (Fsp3) is 0.423. The number of rotatable bonds is 8. The van der Waals surface area contributed by atoms with Gasteiger partial charge in [-0.15, -0.1) is 0 Å². The van der Waals surface area contributed by atoms with Gasteiger partial charge in [0.25, 0.3) is 5.91 Å². The Morgan fingerprint density at radius 1 is 1.00 bits per heavy atom. The Morgan fingerprint density at radius 2 is 1.59 bits per heavy atom. The molecule has 0 heterocycles. The molecule has 2 atom stereocenters. The Balaban J connectivity index is 2.27. The summed E-state index contributed by atoms with van der Waals surface area (Å²) in [4.78, 5) is 40.0. The number of amides is 3. The van der Waals surface area contributed by atoms with E-state index in [1.807, 2.05) is 31.2 Å². The standard InChI is InChI=1S/C26H35N3O5/c1-8-18-9-11-19(12-10-18)22(23(30)28-20-13-15-21(33-7)16-14-20)29(6)24(31)17(2)27-25(32)34-26(3,4)5/h9-17,22H,8H2,1-7H3,(H,27,32)(H,28,30). The van der Waals surface area contributed by atoms with Gasteiger partial charge in [0.15, 0.2) is 0 Å². The van der Waals surface area contributed by atoms with Crippen molar-refractivity contribution in [3.05, 3.63) is 59.7 Å². The van der Waals surface area contributed by atoms with Crippen LogP contribution < -0.4 is 15.4 Å². The molecule has 2 unspecified atom stereocenters. The van der Waals surface area contributed by atoms with E-state index in [0.29, 0.717) is 17.0 Å². The van der Waals surface area contributed by atoms with Crippen LogP contribution in [0.25, 0.3) is 0 Å². The van der Waals surface area contributed by atoms with Crippen LogP contribution in [0.5, 0.6) is 5.75 Å². The van der Waals surface area contributed by atoms with Crippen LogP contribution in [-0.2, 0) is 20.7 Å². The molecule has 2 rings (SSSR count). The van der Waals surface area contributed by atoms with E-state index in [0.717, 1.165) is 12.0 Å². The molecule has 0 spiro atoms. The van der Waals surface area contributed by atoms with Crippen molar-refractivity contribution in [2.45, 2.75) is 58.7 Å². The van der Waals surface area contributed by atoms with Crippen LogP contribution >= 0.6 is 0 Å². The molecule has 0 aliphatic heterocycles. The number of likely N-dealkylation sites (N-methyl/N-ethyl adjacent to an activating group) is 1. The van der Waals surface area contributed by atoms with Gasteiger partial charge in [0.05, 0.1) is 7.11 Å². The van der Waals surface area contributed by atoms with E-state index in [1.165, 1.54) is 4.90 Å². The number of carbonyl (C=O) groups is 3. The van der Waals surface area contributed by atoms with Gasteiger partial charge >= 0.3 is 6.09 Å². The van der Waals surface area contributed by atoms with Gasteiger partial charge < -0.3 is 25.0 Å². The number of ether oxygens (including phenoxy) is 2. The molecule has 0 saturated heterocycles. The highest BCUT2D eigenvalue weighted by atomic mass is 16.6. The minimum atomic E-state index is -0.914. The molecule has 0 radical (unpaired) electrons. The molecule has 34 heavy (non-hydrogen) atoms. The number of nitrogens with zero attached hydrogens (tertiary/aromatic N) is 1. The predicted molar refractivity (Wildman–Crippen MR) is 132 cm³/mol. The van der Waals surface area contributed by atoms with Gasteiger partial charge in [0.2, 0.25) is 5.91 Å². The van der Waals surface area contributed by atoms with Crippen LogP contribution in [0.2, 0.25) is 0 Å². The highest BCUT2D eigenvalue weighted by Gasteiger charge is 2.32. The second-order valence-electron chi connectivity index (χ2n) is 9.03. The van der Waals surface area contributed by atoms with Crippen molar-refractivity contribution in [1.82, 2.24) is 10.2 Å². The maximum atomic E-state index is 13.4. The summed E-state index contributed by atoms with van der Waals surface area (Å²) in [5, 5.41) is 5.41. The fourth-order valence-electron chi connectivity index (χ4n) is 3.35. The summed E-state index contributed by atoms with van der Waals surface area (Å²) in [7, 11) is 3.11. The van der Waals surface area contributed by atoms with E-state index >= 15 is 0 Å². The van der Waals surface area contributed by atoms with Crippen molar-refractivity contribution in [2.75, 3.05) is 19.5 Å². The first kappa shape index (κ1) is 26.7. The summed E-state index contributed by atoms with van der Waals surface area (Å²) in [5.41, 5.74) is 1.65. The van der Waals surface area contributed by atoms with Crippen LogP contribution in [0, 0.1) is 0 Å². The van der Waals surface area contributed by atoms with E-state index in [4.69, 9.17) is 9.47 Å². The Morgan fingerprint density at radius 3 is 2.09 bits per heavy atom. The largest absolute Gasteiger partial charge is 0.497 e. The molecule has 0 saturated carbocycles. The summed E-state index contributed by atoms with van der Waals surface area (Å²) < 4.78 is 10.4. The maximum Gasteiger partial charge on any atom is 0.408 e. The maximum absolute atomic E-state index is 13.4. The molecular formula is C26H35N3O5. The second kappa shape index (κ2) is 11.5. The van der Waals surface area contributed by atoms with Gasteiger partial charge in [-0.05, 0) is 69.5 Å². The highest BCUT2D eigenvalue weighted by molar-refractivity contribution is 5.98. The van der Waals surface area contributed by atoms with Gasteiger partial charge in [0.1, 0.15) is 23.4 Å². The average Bonchev–Trinajstić information content (AvgIpc) is 2.78. The molecule has 8 heteroatoms. The van der Waals surface area contributed by atoms with E-state index in [9.17, 15) is 14.4 Å². The molecule has 0 aliphatic carbocycles. The average molecular weight is 470 g/mol. The summed E-state index contributed by atoms with van der Waals surface area (Å²) in [6, 6.07) is 12.7. The number of methoxy groups -OCH3 is 1. The van der Waals surface area contributed by atoms with Crippen LogP contribution in [0.1, 0.15) is 51.8 Å². The zero-order valence-corrected chi connectivity index (χ0v) is 21.0. The Labute approximate surface area is 201 Å². The second-order valence-corrected chi connectivity index (χ2v) is 9.03. The quantitative estimate of drug-likeness (QED) is 0.601. The van der Waals surface area contributed by atoms with Crippen LogP contribution in [0.4, 0.5) is 10.5 Å². The third kappa shape index (κ3) is 7.50. The molecule has 2 N–H and O–H groups in total. The van der Waals surface area contributed by atoms with E-state index in [1.54, 1.807) is 66.1 Å². The Hall–Kier alpha value is -3.55. The molecule has 3 amide bonds. The minimum Gasteiger partial charge on any atom is -0.497 e. The number of aryl methyl sites for hydroxylation is 1. The van der Waals surface area contributed by atoms with Crippen LogP contribution in [0.15, 0.2) is 48.5 Å². The van der Waals surface area contributed by atoms with Crippen molar-refractivity contribution < 1.29 is 23.9 Å². The third-order valence-electron chi connectivity index (χ3n) is 5.15. The van der Waals surface area contributed by atoms with E-state index < -0.39 is 29.7 Å². The molecule has 0 aromatic heterocycles. The zero-order chi connectivity index (χ0) is 25.5. The van der Waals surface area contributed by atoms with E-state index in [-0.39, 0.29) is 5.91 Å².